The van der Waals surface area contributed by atoms with Gasteiger partial charge in [-0.05, 0) is 77.6 Å². The fraction of sp³-hybridized carbons (Fsp3) is 0.768. The molecule has 1 amide bonds. The maximum absolute atomic E-state index is 13.2. The van der Waals surface area contributed by atoms with Gasteiger partial charge in [0.2, 0.25) is 5.91 Å². The van der Waals surface area contributed by atoms with Gasteiger partial charge in [-0.3, -0.25) is 4.79 Å². The molecule has 2 rings (SSSR count). The Morgan fingerprint density at radius 1 is 0.543 bits per heavy atom. The number of nitrogens with one attached hydrogen (secondary N) is 1. The van der Waals surface area contributed by atoms with Gasteiger partial charge < -0.3 is 65.1 Å². The summed E-state index contributed by atoms with van der Waals surface area (Å²) in [6.45, 7) is 2.49. The van der Waals surface area contributed by atoms with E-state index >= 15 is 0 Å². The second-order valence-electron chi connectivity index (χ2n) is 19.0. The highest BCUT2D eigenvalue weighted by Gasteiger charge is 2.51. The molecule has 14 nitrogen and oxygen atoms in total. The van der Waals surface area contributed by atoms with Crippen molar-refractivity contribution in [1.29, 1.82) is 0 Å². The van der Waals surface area contributed by atoms with Crippen LogP contribution in [0.15, 0.2) is 72.9 Å². The van der Waals surface area contributed by atoms with Crippen LogP contribution in [0.25, 0.3) is 0 Å². The number of allylic oxidation sites excluding steroid dienone is 11. The summed E-state index contributed by atoms with van der Waals surface area (Å²) < 4.78 is 22.6. The van der Waals surface area contributed by atoms with E-state index in [1.807, 2.05) is 19.1 Å². The van der Waals surface area contributed by atoms with Crippen molar-refractivity contribution in [3.05, 3.63) is 72.9 Å². The van der Waals surface area contributed by atoms with Crippen LogP contribution in [0.3, 0.4) is 0 Å². The molecule has 2 heterocycles. The number of aliphatic hydroxyl groups excluding tert-OH is 8. The molecule has 2 fully saturated rings. The third-order valence-electron chi connectivity index (χ3n) is 12.9. The third kappa shape index (κ3) is 28.0. The van der Waals surface area contributed by atoms with E-state index in [4.69, 9.17) is 18.9 Å². The van der Waals surface area contributed by atoms with Crippen LogP contribution in [0.5, 0.6) is 0 Å². The van der Waals surface area contributed by atoms with Crippen molar-refractivity contribution in [2.45, 2.75) is 254 Å². The summed E-state index contributed by atoms with van der Waals surface area (Å²) in [5.41, 5.74) is 0. The smallest absolute Gasteiger partial charge is 0.220 e. The first-order valence-electron chi connectivity index (χ1n) is 27.1. The number of carbonyl (C=O) groups excluding carboxylic acids is 1. The summed E-state index contributed by atoms with van der Waals surface area (Å²) in [7, 11) is 0. The number of hydrogen-bond acceptors (Lipinski definition) is 13. The van der Waals surface area contributed by atoms with Crippen molar-refractivity contribution in [3.63, 3.8) is 0 Å². The summed E-state index contributed by atoms with van der Waals surface area (Å²) in [5.74, 6) is -0.262. The molecule has 70 heavy (non-hydrogen) atoms. The zero-order valence-corrected chi connectivity index (χ0v) is 43.0. The number of rotatable bonds is 41. The minimum Gasteiger partial charge on any atom is -0.394 e. The first-order chi connectivity index (χ1) is 34.1. The van der Waals surface area contributed by atoms with Gasteiger partial charge in [0.1, 0.15) is 48.8 Å². The molecule has 404 valence electrons. The van der Waals surface area contributed by atoms with Crippen molar-refractivity contribution in [1.82, 2.24) is 5.32 Å². The van der Waals surface area contributed by atoms with E-state index in [0.717, 1.165) is 57.8 Å². The van der Waals surface area contributed by atoms with E-state index < -0.39 is 86.8 Å². The Morgan fingerprint density at radius 3 is 1.57 bits per heavy atom. The van der Waals surface area contributed by atoms with Crippen molar-refractivity contribution in [2.24, 2.45) is 0 Å². The maximum atomic E-state index is 13.2. The Balaban J connectivity index is 1.70. The highest BCUT2D eigenvalue weighted by atomic mass is 16.7. The zero-order chi connectivity index (χ0) is 51.0. The maximum Gasteiger partial charge on any atom is 0.220 e. The van der Waals surface area contributed by atoms with Gasteiger partial charge >= 0.3 is 0 Å². The third-order valence-corrected chi connectivity index (χ3v) is 12.9. The van der Waals surface area contributed by atoms with E-state index in [1.54, 1.807) is 6.08 Å². The van der Waals surface area contributed by atoms with Crippen LogP contribution in [0, 0.1) is 0 Å². The van der Waals surface area contributed by atoms with Crippen LogP contribution in [0.2, 0.25) is 0 Å². The highest BCUT2D eigenvalue weighted by molar-refractivity contribution is 5.76. The molecule has 0 radical (unpaired) electrons. The van der Waals surface area contributed by atoms with Gasteiger partial charge in [0.15, 0.2) is 12.6 Å². The lowest BCUT2D eigenvalue weighted by molar-refractivity contribution is -0.359. The van der Waals surface area contributed by atoms with Gasteiger partial charge in [0.05, 0.1) is 32.0 Å². The van der Waals surface area contributed by atoms with Gasteiger partial charge in [0.25, 0.3) is 0 Å². The van der Waals surface area contributed by atoms with Crippen molar-refractivity contribution < 1.29 is 64.6 Å². The van der Waals surface area contributed by atoms with Crippen LogP contribution in [0.1, 0.15) is 181 Å². The molecule has 2 aliphatic heterocycles. The fourth-order valence-electron chi connectivity index (χ4n) is 8.51. The van der Waals surface area contributed by atoms with E-state index in [0.29, 0.717) is 12.8 Å². The molecular weight excluding hydrogens is 895 g/mol. The van der Waals surface area contributed by atoms with Crippen molar-refractivity contribution in [2.75, 3.05) is 19.8 Å². The summed E-state index contributed by atoms with van der Waals surface area (Å²) >= 11 is 0. The van der Waals surface area contributed by atoms with Crippen molar-refractivity contribution in [3.8, 4) is 0 Å². The minimum atomic E-state index is -1.79. The monoisotopic (exact) mass is 992 g/mol. The Kier molecular flexibility index (Phi) is 38.0. The molecule has 12 unspecified atom stereocenters. The quantitative estimate of drug-likeness (QED) is 0.0209. The molecule has 9 N–H and O–H groups in total. The van der Waals surface area contributed by atoms with Crippen LogP contribution >= 0.6 is 0 Å². The van der Waals surface area contributed by atoms with E-state index in [-0.39, 0.29) is 18.9 Å². The second-order valence-corrected chi connectivity index (χ2v) is 19.0. The van der Waals surface area contributed by atoms with Gasteiger partial charge in [-0.25, -0.2) is 0 Å². The van der Waals surface area contributed by atoms with Gasteiger partial charge in [-0.2, -0.15) is 0 Å². The van der Waals surface area contributed by atoms with Crippen LogP contribution in [-0.2, 0) is 23.7 Å². The van der Waals surface area contributed by atoms with E-state index in [2.05, 4.69) is 66.9 Å². The predicted molar refractivity (Wildman–Crippen MR) is 277 cm³/mol. The lowest BCUT2D eigenvalue weighted by Crippen LogP contribution is -2.65. The summed E-state index contributed by atoms with van der Waals surface area (Å²) in [6.07, 6.45) is 37.0. The molecule has 0 bridgehead atoms. The van der Waals surface area contributed by atoms with Crippen molar-refractivity contribution >= 4 is 5.91 Å². The molecule has 0 aromatic rings. The second kappa shape index (κ2) is 41.9. The fourth-order valence-corrected chi connectivity index (χ4v) is 8.51. The number of amides is 1. The molecule has 0 saturated carbocycles. The zero-order valence-electron chi connectivity index (χ0n) is 43.0. The molecule has 14 heteroatoms. The normalized spacial score (nSPS) is 26.5. The highest BCUT2D eigenvalue weighted by Crippen LogP contribution is 2.30. The number of carbonyl (C=O) groups is 1. The average molecular weight is 992 g/mol. The summed E-state index contributed by atoms with van der Waals surface area (Å²) in [4.78, 5) is 13.2. The minimum absolute atomic E-state index is 0.262. The lowest BCUT2D eigenvalue weighted by Gasteiger charge is -2.46. The topological polar surface area (TPSA) is 228 Å². The van der Waals surface area contributed by atoms with E-state index in [1.165, 1.54) is 89.9 Å². The SMILES string of the molecule is C/C=C/CC/C=C/CC/C=C/C(O)C(COC1OC(CO)C(OC2OC(CO)C(O)C(O)C2O)C(O)C1O)NC(=O)CCCCCCCCCCCCCC/C=C\C/C=C\C/C=C\CCCCCCC. The Bertz CT molecular complexity index is 1450. The number of unbranched alkanes of at least 4 members (excludes halogenated alkanes) is 19. The van der Waals surface area contributed by atoms with Gasteiger partial charge in [-0.1, -0.05) is 170 Å². The Morgan fingerprint density at radius 2 is 1.01 bits per heavy atom. The lowest BCUT2D eigenvalue weighted by atomic mass is 9.97. The molecule has 0 aromatic carbocycles. The predicted octanol–water partition coefficient (Wildman–Crippen LogP) is 7.99. The van der Waals surface area contributed by atoms with Gasteiger partial charge in [0, 0.05) is 6.42 Å². The number of ether oxygens (including phenoxy) is 4. The van der Waals surface area contributed by atoms with E-state index in [9.17, 15) is 45.6 Å². The first-order valence-corrected chi connectivity index (χ1v) is 27.1. The molecule has 2 aliphatic rings. The van der Waals surface area contributed by atoms with Gasteiger partial charge in [-0.15, -0.1) is 0 Å². The molecule has 0 aromatic heterocycles. The molecule has 12 atom stereocenters. The first kappa shape index (κ1) is 63.5. The standard InChI is InChI=1S/C56H97NO13/c1-3-5-7-9-11-13-14-15-16-17-18-19-20-21-22-23-24-25-26-27-28-29-30-32-34-36-38-40-48(61)57-44(45(60)39-37-35-33-31-12-10-8-6-4-2)43-67-55-53(66)51(64)54(47(42-59)69-55)70-56-52(65)50(63)49(62)46(41-58)68-56/h4,6,12,14-15,17-18,20-21,31,37,39,44-47,49-56,58-60,62-66H,3,5,7-11,13,16,19,22-30,32-36,38,40-43H2,1-2H3,(H,57,61)/b6-4+,15-14-,18-17-,21-20-,31-12+,39-37+. The molecule has 2 saturated heterocycles. The molecular formula is C56H97NO13. The largest absolute Gasteiger partial charge is 0.394 e. The molecule has 0 aliphatic carbocycles. The van der Waals surface area contributed by atoms with Crippen LogP contribution in [-0.4, -0.2) is 140 Å². The number of aliphatic hydroxyl groups is 8. The Labute approximate surface area is 421 Å². The van der Waals surface area contributed by atoms with Crippen LogP contribution < -0.4 is 5.32 Å². The average Bonchev–Trinajstić information content (AvgIpc) is 3.36. The van der Waals surface area contributed by atoms with Crippen LogP contribution in [0.4, 0.5) is 0 Å². The number of hydrogen-bond donors (Lipinski definition) is 9. The molecule has 0 spiro atoms. The summed E-state index contributed by atoms with van der Waals surface area (Å²) in [5, 5.41) is 86.6. The summed E-state index contributed by atoms with van der Waals surface area (Å²) in [6, 6.07) is -0.939. The Hall–Kier alpha value is -2.57.